The standard InChI is InChI=1S/C45H52ClF2N9O5S/c46-45(47,48)62-33-11-9-31(10-12-33)51-42(59)30-27-35(37-15-18-50-53-37)41(49-28-30)56-20-16-32(17-21-56)55-24-22-54(23-25-55)19-4-2-1-3-5-26-63-39-8-6-7-34-36(39)29-57(44(34)61)38-13-14-40(58)52-43(38)60/h6-12,15,18,27-28,32,38H,1-5,13-14,16-17,19-26,29H2,(H,50,53)(H,51,59)(H,52,58,60). The fraction of sp³-hybridized carbons (Fsp3) is 0.467. The van der Waals surface area contributed by atoms with E-state index in [-0.39, 0.29) is 29.9 Å². The van der Waals surface area contributed by atoms with Gasteiger partial charge in [-0.15, -0.1) is 20.5 Å². The van der Waals surface area contributed by atoms with E-state index in [0.29, 0.717) is 35.8 Å². The third kappa shape index (κ3) is 11.2. The summed E-state index contributed by atoms with van der Waals surface area (Å²) in [7, 11) is 0. The minimum Gasteiger partial charge on any atom is -0.420 e. The Morgan fingerprint density at radius 1 is 0.921 bits per heavy atom. The first-order valence-electron chi connectivity index (χ1n) is 21.8. The normalized spacial score (nSPS) is 19.0. The van der Waals surface area contributed by atoms with E-state index in [1.54, 1.807) is 35.1 Å². The molecule has 1 unspecified atom stereocenters. The van der Waals surface area contributed by atoms with Crippen LogP contribution < -0.4 is 20.3 Å². The van der Waals surface area contributed by atoms with Gasteiger partial charge in [0.15, 0.2) is 0 Å². The second-order valence-electron chi connectivity index (χ2n) is 16.5. The number of imide groups is 1. The van der Waals surface area contributed by atoms with Crippen LogP contribution in [-0.4, -0.2) is 123 Å². The number of thioether (sulfide) groups is 1. The molecule has 8 rings (SSSR count). The Morgan fingerprint density at radius 2 is 1.68 bits per heavy atom. The second kappa shape index (κ2) is 20.2. The smallest absolute Gasteiger partial charge is 0.420 e. The number of halogens is 3. The van der Waals surface area contributed by atoms with Crippen molar-refractivity contribution < 1.29 is 32.7 Å². The van der Waals surface area contributed by atoms with Crippen molar-refractivity contribution in [3.8, 4) is 17.0 Å². The molecule has 4 aliphatic heterocycles. The number of fused-ring (bicyclic) bond motifs is 1. The predicted octanol–water partition coefficient (Wildman–Crippen LogP) is 6.98. The molecular formula is C45H52ClF2N9O5S. The first-order valence-corrected chi connectivity index (χ1v) is 23.1. The lowest BCUT2D eigenvalue weighted by Crippen LogP contribution is -2.53. The number of amides is 4. The Bertz CT molecular complexity index is 2250. The van der Waals surface area contributed by atoms with Crippen LogP contribution in [-0.2, 0) is 16.1 Å². The molecule has 334 valence electrons. The van der Waals surface area contributed by atoms with Gasteiger partial charge in [0.25, 0.3) is 11.8 Å². The maximum atomic E-state index is 13.2. The molecule has 2 aromatic carbocycles. The average Bonchev–Trinajstić information content (AvgIpc) is 3.94. The lowest BCUT2D eigenvalue weighted by molar-refractivity contribution is -0.136. The molecule has 4 aliphatic rings. The Kier molecular flexibility index (Phi) is 14.2. The van der Waals surface area contributed by atoms with Gasteiger partial charge in [-0.3, -0.25) is 34.5 Å². The molecule has 4 aromatic rings. The number of rotatable bonds is 17. The number of hydrogen-bond donors (Lipinski definition) is 3. The van der Waals surface area contributed by atoms with Crippen LogP contribution in [0.2, 0.25) is 0 Å². The highest BCUT2D eigenvalue weighted by Crippen LogP contribution is 2.36. The van der Waals surface area contributed by atoms with E-state index in [1.807, 2.05) is 18.2 Å². The van der Waals surface area contributed by atoms with Crippen molar-refractivity contribution in [3.63, 3.8) is 0 Å². The Labute approximate surface area is 374 Å². The van der Waals surface area contributed by atoms with Crippen LogP contribution >= 0.6 is 23.4 Å². The quantitative estimate of drug-likeness (QED) is 0.0435. The van der Waals surface area contributed by atoms with Gasteiger partial charge in [-0.2, -0.15) is 5.10 Å². The third-order valence-corrected chi connectivity index (χ3v) is 13.6. The van der Waals surface area contributed by atoms with E-state index in [1.165, 1.54) is 49.9 Å². The highest BCUT2D eigenvalue weighted by Gasteiger charge is 2.40. The number of nitrogens with zero attached hydrogens (tertiary/aromatic N) is 6. The fourth-order valence-electron chi connectivity index (χ4n) is 9.02. The number of aromatic nitrogens is 3. The van der Waals surface area contributed by atoms with Crippen molar-refractivity contribution in [2.45, 2.75) is 86.9 Å². The predicted molar refractivity (Wildman–Crippen MR) is 237 cm³/mol. The number of piperidine rings is 2. The van der Waals surface area contributed by atoms with Crippen LogP contribution in [0, 0.1) is 0 Å². The zero-order valence-corrected chi connectivity index (χ0v) is 36.6. The number of benzene rings is 2. The van der Waals surface area contributed by atoms with E-state index in [2.05, 4.69) is 46.3 Å². The monoisotopic (exact) mass is 903 g/mol. The number of alkyl halides is 3. The van der Waals surface area contributed by atoms with Gasteiger partial charge in [-0.05, 0) is 98.5 Å². The third-order valence-electron chi connectivity index (χ3n) is 12.4. The SMILES string of the molecule is O=C1CCC(N2Cc3c(SCCCCCCCN4CCN(C5CCN(c6ncc(C(=O)Nc7ccc(OC(F)(F)Cl)cc7)cc6-c6ccn[nH]6)CC5)CC4)cccc3C2=O)C(=O)N1. The zero-order chi connectivity index (χ0) is 43.9. The van der Waals surface area contributed by atoms with Gasteiger partial charge in [0.2, 0.25) is 11.8 Å². The molecule has 0 radical (unpaired) electrons. The molecule has 3 N–H and O–H groups in total. The average molecular weight is 904 g/mol. The number of ether oxygens (including phenoxy) is 1. The van der Waals surface area contributed by atoms with Gasteiger partial charge in [-0.1, -0.05) is 25.3 Å². The number of pyridine rings is 1. The first kappa shape index (κ1) is 44.5. The topological polar surface area (TPSA) is 156 Å². The summed E-state index contributed by atoms with van der Waals surface area (Å²) in [6.07, 6.45) is 11.8. The number of aromatic amines is 1. The van der Waals surface area contributed by atoms with Gasteiger partial charge in [-0.25, -0.2) is 4.98 Å². The molecule has 2 aromatic heterocycles. The number of anilines is 2. The summed E-state index contributed by atoms with van der Waals surface area (Å²) >= 11 is 6.64. The van der Waals surface area contributed by atoms with E-state index in [4.69, 9.17) is 16.6 Å². The highest BCUT2D eigenvalue weighted by molar-refractivity contribution is 7.99. The van der Waals surface area contributed by atoms with Crippen molar-refractivity contribution >= 4 is 58.5 Å². The number of piperazine rings is 1. The van der Waals surface area contributed by atoms with E-state index in [0.717, 1.165) is 98.4 Å². The Morgan fingerprint density at radius 3 is 2.41 bits per heavy atom. The fourth-order valence-corrected chi connectivity index (χ4v) is 10.2. The maximum absolute atomic E-state index is 13.2. The van der Waals surface area contributed by atoms with E-state index in [9.17, 15) is 28.0 Å². The number of unbranched alkanes of at least 4 members (excludes halogenated alkanes) is 4. The molecule has 18 heteroatoms. The van der Waals surface area contributed by atoms with Crippen LogP contribution in [0.3, 0.4) is 0 Å². The largest absolute Gasteiger partial charge is 0.487 e. The molecule has 0 saturated carbocycles. The van der Waals surface area contributed by atoms with Crippen LogP contribution in [0.5, 0.6) is 5.75 Å². The summed E-state index contributed by atoms with van der Waals surface area (Å²) < 4.78 is 30.3. The minimum absolute atomic E-state index is 0.127. The molecule has 4 amide bonds. The van der Waals surface area contributed by atoms with Crippen molar-refractivity contribution in [2.75, 3.05) is 61.8 Å². The molecule has 3 fully saturated rings. The van der Waals surface area contributed by atoms with Gasteiger partial charge in [0.1, 0.15) is 17.6 Å². The number of H-pyrrole nitrogens is 1. The molecular weight excluding hydrogens is 852 g/mol. The molecule has 6 heterocycles. The van der Waals surface area contributed by atoms with Gasteiger partial charge >= 0.3 is 5.57 Å². The highest BCUT2D eigenvalue weighted by atomic mass is 35.5. The van der Waals surface area contributed by atoms with Crippen molar-refractivity contribution in [3.05, 3.63) is 83.7 Å². The summed E-state index contributed by atoms with van der Waals surface area (Å²) in [6.45, 7) is 7.52. The number of carbonyl (C=O) groups excluding carboxylic acids is 4. The van der Waals surface area contributed by atoms with Crippen LogP contribution in [0.25, 0.3) is 11.3 Å². The molecule has 3 saturated heterocycles. The number of nitrogens with one attached hydrogen (secondary N) is 3. The second-order valence-corrected chi connectivity index (χ2v) is 18.1. The van der Waals surface area contributed by atoms with E-state index < -0.39 is 17.5 Å². The molecule has 63 heavy (non-hydrogen) atoms. The Hall–Kier alpha value is -5.10. The summed E-state index contributed by atoms with van der Waals surface area (Å²) in [5.74, 6) is 0.461. The molecule has 14 nitrogen and oxygen atoms in total. The molecule has 0 spiro atoms. The van der Waals surface area contributed by atoms with Gasteiger partial charge in [0, 0.05) is 104 Å². The maximum Gasteiger partial charge on any atom is 0.487 e. The molecule has 0 bridgehead atoms. The first-order chi connectivity index (χ1) is 30.5. The van der Waals surface area contributed by atoms with Crippen molar-refractivity contribution in [2.24, 2.45) is 0 Å². The minimum atomic E-state index is -3.83. The zero-order valence-electron chi connectivity index (χ0n) is 35.0. The van der Waals surface area contributed by atoms with Gasteiger partial charge < -0.3 is 24.8 Å². The van der Waals surface area contributed by atoms with Crippen molar-refractivity contribution in [1.82, 2.24) is 35.2 Å². The summed E-state index contributed by atoms with van der Waals surface area (Å²) in [5, 5.41) is 12.3. The van der Waals surface area contributed by atoms with Crippen LogP contribution in [0.4, 0.5) is 20.3 Å². The number of hydrogen-bond acceptors (Lipinski definition) is 11. The molecule has 0 aliphatic carbocycles. The lowest BCUT2D eigenvalue weighted by Gasteiger charge is -2.43. The summed E-state index contributed by atoms with van der Waals surface area (Å²) in [4.78, 5) is 65.5. The molecule has 1 atom stereocenters. The van der Waals surface area contributed by atoms with Crippen molar-refractivity contribution in [1.29, 1.82) is 0 Å². The van der Waals surface area contributed by atoms with Crippen LogP contribution in [0.1, 0.15) is 84.1 Å². The Balaban J connectivity index is 0.726. The lowest BCUT2D eigenvalue weighted by atomic mass is 10.0. The summed E-state index contributed by atoms with van der Waals surface area (Å²) in [6, 6.07) is 14.9. The summed E-state index contributed by atoms with van der Waals surface area (Å²) in [5.41, 5.74) is 0.101. The van der Waals surface area contributed by atoms with Crippen LogP contribution in [0.15, 0.2) is 71.9 Å². The number of carbonyl (C=O) groups is 4. The van der Waals surface area contributed by atoms with Gasteiger partial charge in [0.05, 0.1) is 11.3 Å². The van der Waals surface area contributed by atoms with E-state index >= 15 is 0 Å².